The molecule has 1 aromatic carbocycles. The van der Waals surface area contributed by atoms with Gasteiger partial charge in [0.2, 0.25) is 0 Å². The van der Waals surface area contributed by atoms with Crippen molar-refractivity contribution in [2.24, 2.45) is 4.99 Å². The molecule has 0 atom stereocenters. The van der Waals surface area contributed by atoms with E-state index < -0.39 is 0 Å². The van der Waals surface area contributed by atoms with Crippen LogP contribution in [0.3, 0.4) is 0 Å². The smallest absolute Gasteiger partial charge is 0.0991 e. The zero-order valence-corrected chi connectivity index (χ0v) is 21.6. The average Bonchev–Trinajstić information content (AvgIpc) is 3.40. The maximum Gasteiger partial charge on any atom is 0.0991 e. The number of aliphatic imine (C=N–C) groups is 1. The third kappa shape index (κ3) is 6.36. The average molecular weight is 471 g/mol. The van der Waals surface area contributed by atoms with Gasteiger partial charge in [0.05, 0.1) is 27.4 Å². The molecule has 0 amide bonds. The first kappa shape index (κ1) is 25.3. The number of hydrogen-bond donors (Lipinski definition) is 1. The van der Waals surface area contributed by atoms with E-state index in [0.717, 1.165) is 75.8 Å². The molecule has 34 heavy (non-hydrogen) atoms. The van der Waals surface area contributed by atoms with Crippen LogP contribution < -0.4 is 5.32 Å². The highest BCUT2D eigenvalue weighted by Crippen LogP contribution is 2.35. The predicted molar refractivity (Wildman–Crippen MR) is 147 cm³/mol. The molecule has 2 aromatic heterocycles. The van der Waals surface area contributed by atoms with Crippen LogP contribution in [-0.2, 0) is 13.0 Å². The maximum atomic E-state index is 4.85. The van der Waals surface area contributed by atoms with Crippen LogP contribution in [-0.4, -0.2) is 22.5 Å². The first-order chi connectivity index (χ1) is 16.5. The third-order valence-electron chi connectivity index (χ3n) is 5.43. The summed E-state index contributed by atoms with van der Waals surface area (Å²) < 4.78 is 1.94. The molecule has 3 rings (SSSR count). The zero-order chi connectivity index (χ0) is 24.5. The molecule has 0 saturated carbocycles. The molecule has 0 aliphatic heterocycles. The summed E-state index contributed by atoms with van der Waals surface area (Å²) in [5.74, 6) is 6.66. The Hall–Kier alpha value is -3.36. The molecule has 3 aromatic rings. The van der Waals surface area contributed by atoms with Crippen molar-refractivity contribution in [3.05, 3.63) is 94.3 Å². The van der Waals surface area contributed by atoms with Gasteiger partial charge in [-0.2, -0.15) is 5.10 Å². The highest BCUT2D eigenvalue weighted by Gasteiger charge is 2.20. The first-order valence-corrected chi connectivity index (χ1v) is 12.6. The Balaban J connectivity index is 1.96. The summed E-state index contributed by atoms with van der Waals surface area (Å²) in [6.45, 7) is 14.9. The van der Waals surface area contributed by atoms with E-state index >= 15 is 0 Å². The second-order valence-electron chi connectivity index (χ2n) is 8.33. The van der Waals surface area contributed by atoms with Gasteiger partial charge in [0.15, 0.2) is 0 Å². The molecule has 0 fully saturated rings. The van der Waals surface area contributed by atoms with Gasteiger partial charge < -0.3 is 5.32 Å². The summed E-state index contributed by atoms with van der Waals surface area (Å²) >= 11 is 1.66. The van der Waals surface area contributed by atoms with Crippen LogP contribution in [0.25, 0.3) is 0 Å². The lowest BCUT2D eigenvalue weighted by atomic mass is 9.98. The largest absolute Gasteiger partial charge is 0.379 e. The number of benzene rings is 1. The second-order valence-corrected chi connectivity index (χ2v) is 9.35. The van der Waals surface area contributed by atoms with Crippen LogP contribution in [0.5, 0.6) is 0 Å². The Bertz CT molecular complexity index is 1230. The maximum absolute atomic E-state index is 4.85. The minimum absolute atomic E-state index is 0.775. The number of aromatic nitrogens is 2. The number of rotatable bonds is 10. The lowest BCUT2D eigenvalue weighted by Crippen LogP contribution is -2.07. The van der Waals surface area contributed by atoms with E-state index in [1.807, 2.05) is 37.1 Å². The molecule has 4 nitrogen and oxygen atoms in total. The Morgan fingerprint density at radius 3 is 2.68 bits per heavy atom. The topological polar surface area (TPSA) is 42.2 Å². The van der Waals surface area contributed by atoms with Crippen molar-refractivity contribution in [3.8, 4) is 11.8 Å². The molecule has 2 heterocycles. The Kier molecular flexibility index (Phi) is 9.07. The van der Waals surface area contributed by atoms with Gasteiger partial charge >= 0.3 is 0 Å². The fourth-order valence-corrected chi connectivity index (χ4v) is 4.76. The quantitative estimate of drug-likeness (QED) is 0.150. The molecule has 0 spiro atoms. The second kappa shape index (κ2) is 12.2. The van der Waals surface area contributed by atoms with Crippen molar-refractivity contribution in [1.82, 2.24) is 9.78 Å². The fraction of sp³-hybridized carbons (Fsp3) is 0.310. The van der Waals surface area contributed by atoms with Crippen molar-refractivity contribution in [2.45, 2.75) is 53.0 Å². The molecule has 0 bridgehead atoms. The Morgan fingerprint density at radius 2 is 2.03 bits per heavy atom. The van der Waals surface area contributed by atoms with E-state index in [9.17, 15) is 0 Å². The fourth-order valence-electron chi connectivity index (χ4n) is 3.74. The number of nitrogens with zero attached hydrogens (tertiary/aromatic N) is 3. The molecular weight excluding hydrogens is 436 g/mol. The summed E-state index contributed by atoms with van der Waals surface area (Å²) in [6.07, 6.45) is 10.00. The van der Waals surface area contributed by atoms with Crippen molar-refractivity contribution < 1.29 is 0 Å². The number of aryl methyl sites for hydroxylation is 2. The standard InChI is InChI=1S/C29H34N4S/c1-7-9-10-18-33-20-24(19-31-33)14-17-26-22(5)27(29(30-6)34-26)28(32-21(3)4)25-15-12-23(11-8-2)13-16-25/h7,12-13,15-16,19-20,30H,1,3,8-11,18H2,2,4-6H3. The van der Waals surface area contributed by atoms with E-state index in [0.29, 0.717) is 0 Å². The lowest BCUT2D eigenvalue weighted by Gasteiger charge is -2.11. The molecule has 5 heteroatoms. The van der Waals surface area contributed by atoms with Gasteiger partial charge in [-0.1, -0.05) is 62.1 Å². The summed E-state index contributed by atoms with van der Waals surface area (Å²) in [6, 6.07) is 8.72. The minimum Gasteiger partial charge on any atom is -0.379 e. The summed E-state index contributed by atoms with van der Waals surface area (Å²) in [4.78, 5) is 5.88. The molecule has 0 saturated heterocycles. The summed E-state index contributed by atoms with van der Waals surface area (Å²) in [5.41, 5.74) is 7.25. The molecule has 0 aliphatic rings. The number of anilines is 1. The lowest BCUT2D eigenvalue weighted by molar-refractivity contribution is 0.584. The summed E-state index contributed by atoms with van der Waals surface area (Å²) in [7, 11) is 1.95. The Labute approximate surface area is 208 Å². The highest BCUT2D eigenvalue weighted by molar-refractivity contribution is 7.17. The van der Waals surface area contributed by atoms with Crippen molar-refractivity contribution in [1.29, 1.82) is 0 Å². The highest BCUT2D eigenvalue weighted by atomic mass is 32.1. The first-order valence-electron chi connectivity index (χ1n) is 11.8. The monoisotopic (exact) mass is 470 g/mol. The van der Waals surface area contributed by atoms with Gasteiger partial charge in [0, 0.05) is 36.6 Å². The van der Waals surface area contributed by atoms with Crippen LogP contribution in [0.1, 0.15) is 65.8 Å². The van der Waals surface area contributed by atoms with E-state index in [1.165, 1.54) is 5.56 Å². The molecule has 1 N–H and O–H groups in total. The van der Waals surface area contributed by atoms with Crippen molar-refractivity contribution in [3.63, 3.8) is 0 Å². The number of thiophene rings is 1. The van der Waals surface area contributed by atoms with Crippen LogP contribution in [0.4, 0.5) is 5.00 Å². The normalized spacial score (nSPS) is 11.1. The zero-order valence-electron chi connectivity index (χ0n) is 20.7. The van der Waals surface area contributed by atoms with E-state index in [2.05, 4.69) is 73.5 Å². The molecule has 0 unspecified atom stereocenters. The van der Waals surface area contributed by atoms with Crippen molar-refractivity contribution >= 4 is 22.0 Å². The predicted octanol–water partition coefficient (Wildman–Crippen LogP) is 6.98. The van der Waals surface area contributed by atoms with Crippen LogP contribution in [0, 0.1) is 18.8 Å². The number of nitrogens with one attached hydrogen (secondary N) is 1. The number of allylic oxidation sites excluding steroid dienone is 2. The van der Waals surface area contributed by atoms with Crippen LogP contribution in [0.15, 0.2) is 66.6 Å². The van der Waals surface area contributed by atoms with Crippen LogP contribution >= 0.6 is 11.3 Å². The van der Waals surface area contributed by atoms with Crippen LogP contribution in [0.2, 0.25) is 0 Å². The van der Waals surface area contributed by atoms with Gasteiger partial charge in [-0.25, -0.2) is 0 Å². The third-order valence-corrected chi connectivity index (χ3v) is 6.65. The Morgan fingerprint density at radius 1 is 1.26 bits per heavy atom. The van der Waals surface area contributed by atoms with Gasteiger partial charge in [0.25, 0.3) is 0 Å². The molecule has 0 radical (unpaired) electrons. The molecular formula is C29H34N4S. The van der Waals surface area contributed by atoms with Crippen molar-refractivity contribution in [2.75, 3.05) is 12.4 Å². The molecule has 176 valence electrons. The van der Waals surface area contributed by atoms with Gasteiger partial charge in [-0.3, -0.25) is 9.67 Å². The van der Waals surface area contributed by atoms with E-state index in [1.54, 1.807) is 11.3 Å². The number of hydrogen-bond acceptors (Lipinski definition) is 4. The number of unbranched alkanes of at least 4 members (excludes halogenated alkanes) is 1. The summed E-state index contributed by atoms with van der Waals surface area (Å²) in [5, 5.41) is 8.84. The van der Waals surface area contributed by atoms with Gasteiger partial charge in [0.1, 0.15) is 0 Å². The van der Waals surface area contributed by atoms with Gasteiger partial charge in [-0.05, 0) is 44.2 Å². The van der Waals surface area contributed by atoms with E-state index in [-0.39, 0.29) is 0 Å². The molecule has 0 aliphatic carbocycles. The van der Waals surface area contributed by atoms with E-state index in [4.69, 9.17) is 4.99 Å². The minimum atomic E-state index is 0.775. The SMILES string of the molecule is C=CCCCn1cc(C#Cc2sc(NC)c(C(=NC(=C)C)c3ccc(CCC)cc3)c2C)cn1. The van der Waals surface area contributed by atoms with Gasteiger partial charge in [-0.15, -0.1) is 17.9 Å².